The number of rotatable bonds is 5. The van der Waals surface area contributed by atoms with E-state index in [4.69, 9.17) is 9.15 Å². The summed E-state index contributed by atoms with van der Waals surface area (Å²) in [5.74, 6) is -1.72. The molecule has 24 heavy (non-hydrogen) atoms. The largest absolute Gasteiger partial charge is 0.463 e. The van der Waals surface area contributed by atoms with E-state index in [1.165, 1.54) is 13.3 Å². The summed E-state index contributed by atoms with van der Waals surface area (Å²) in [5.41, 5.74) is -1.08. The molecule has 1 aromatic rings. The number of esters is 1. The molecule has 0 saturated carbocycles. The van der Waals surface area contributed by atoms with Gasteiger partial charge < -0.3 is 14.5 Å². The predicted molar refractivity (Wildman–Crippen MR) is 82.4 cm³/mol. The van der Waals surface area contributed by atoms with Crippen LogP contribution in [0.5, 0.6) is 0 Å². The summed E-state index contributed by atoms with van der Waals surface area (Å²) in [5, 5.41) is 1.82. The lowest BCUT2D eigenvalue weighted by Gasteiger charge is -2.28. The maximum absolute atomic E-state index is 12.8. The third kappa shape index (κ3) is 2.18. The lowest BCUT2D eigenvalue weighted by Crippen LogP contribution is -2.98. The topological polar surface area (TPSA) is 93.4 Å². The zero-order valence-corrected chi connectivity index (χ0v) is 14.2. The third-order valence-electron chi connectivity index (χ3n) is 5.18. The molecule has 7 nitrogen and oxygen atoms in total. The average Bonchev–Trinajstić information content (AvgIpc) is 3.23. The van der Waals surface area contributed by atoms with E-state index in [-0.39, 0.29) is 18.4 Å². The van der Waals surface area contributed by atoms with E-state index < -0.39 is 29.4 Å². The molecule has 2 saturated heterocycles. The van der Waals surface area contributed by atoms with E-state index in [1.807, 2.05) is 12.2 Å². The zero-order chi connectivity index (χ0) is 17.5. The number of carbonyl (C=O) groups is 3. The van der Waals surface area contributed by atoms with E-state index >= 15 is 0 Å². The van der Waals surface area contributed by atoms with Crippen molar-refractivity contribution >= 4 is 17.8 Å². The van der Waals surface area contributed by atoms with E-state index in [1.54, 1.807) is 19.1 Å². The fourth-order valence-electron chi connectivity index (χ4n) is 4.22. The normalized spacial score (nSPS) is 32.3. The number of carbonyl (C=O) groups excluding carboxylic acids is 3. The summed E-state index contributed by atoms with van der Waals surface area (Å²) in [6.45, 7) is 3.93. The number of hydrogen-bond acceptors (Lipinski definition) is 5. The van der Waals surface area contributed by atoms with Gasteiger partial charge in [-0.25, -0.2) is 4.79 Å². The van der Waals surface area contributed by atoms with Crippen LogP contribution >= 0.6 is 0 Å². The molecule has 4 atom stereocenters. The Hall–Kier alpha value is -2.15. The fraction of sp³-hybridized carbons (Fsp3) is 0.588. The number of nitrogens with zero attached hydrogens (tertiary/aromatic N) is 1. The van der Waals surface area contributed by atoms with E-state index in [9.17, 15) is 14.4 Å². The Labute approximate surface area is 140 Å². The molecule has 0 aromatic carbocycles. The molecule has 2 N–H and O–H groups in total. The number of likely N-dealkylation sites (tertiary alicyclic amines) is 1. The Bertz CT molecular complexity index is 656. The number of hydrogen-bond donors (Lipinski definition) is 1. The minimum absolute atomic E-state index is 0.235. The minimum Gasteiger partial charge on any atom is -0.463 e. The second kappa shape index (κ2) is 6.05. The van der Waals surface area contributed by atoms with Crippen molar-refractivity contribution in [3.8, 4) is 0 Å². The zero-order valence-electron chi connectivity index (χ0n) is 14.2. The number of ether oxygens (including phenoxy) is 1. The van der Waals surface area contributed by atoms with Crippen molar-refractivity contribution in [2.45, 2.75) is 38.3 Å². The van der Waals surface area contributed by atoms with Gasteiger partial charge in [0.05, 0.1) is 12.9 Å². The molecule has 0 bridgehead atoms. The molecule has 7 heteroatoms. The fourth-order valence-corrected chi connectivity index (χ4v) is 4.22. The van der Waals surface area contributed by atoms with E-state index in [0.717, 1.165) is 4.90 Å². The molecule has 0 unspecified atom stereocenters. The number of amides is 2. The highest BCUT2D eigenvalue weighted by Crippen LogP contribution is 2.45. The summed E-state index contributed by atoms with van der Waals surface area (Å²) in [7, 11) is 1.48. The van der Waals surface area contributed by atoms with Gasteiger partial charge in [0.15, 0.2) is 11.8 Å². The molecular formula is C17H23N2O5+. The summed E-state index contributed by atoms with van der Waals surface area (Å²) >= 11 is 0. The van der Waals surface area contributed by atoms with Crippen LogP contribution in [0.1, 0.15) is 38.5 Å². The van der Waals surface area contributed by atoms with Gasteiger partial charge in [-0.2, -0.15) is 0 Å². The van der Waals surface area contributed by atoms with Crippen molar-refractivity contribution in [3.63, 3.8) is 0 Å². The highest BCUT2D eigenvalue weighted by molar-refractivity contribution is 6.08. The smallest absolute Gasteiger partial charge is 0.368 e. The molecule has 2 aliphatic heterocycles. The van der Waals surface area contributed by atoms with Crippen molar-refractivity contribution in [3.05, 3.63) is 24.2 Å². The van der Waals surface area contributed by atoms with Crippen molar-refractivity contribution < 1.29 is 28.9 Å². The average molecular weight is 335 g/mol. The van der Waals surface area contributed by atoms with Gasteiger partial charge in [-0.05, 0) is 25.5 Å². The van der Waals surface area contributed by atoms with Gasteiger partial charge in [-0.15, -0.1) is 0 Å². The van der Waals surface area contributed by atoms with Crippen molar-refractivity contribution in [2.75, 3.05) is 13.7 Å². The second-order valence-electron chi connectivity index (χ2n) is 6.46. The molecule has 2 amide bonds. The van der Waals surface area contributed by atoms with Crippen LogP contribution in [0, 0.1) is 11.8 Å². The van der Waals surface area contributed by atoms with Gasteiger partial charge in [-0.1, -0.05) is 6.92 Å². The molecule has 3 rings (SSSR count). The van der Waals surface area contributed by atoms with Gasteiger partial charge in [0, 0.05) is 13.5 Å². The van der Waals surface area contributed by atoms with Crippen molar-refractivity contribution in [2.24, 2.45) is 11.8 Å². The summed E-state index contributed by atoms with van der Waals surface area (Å²) in [6.07, 6.45) is 2.71. The molecule has 3 heterocycles. The molecule has 130 valence electrons. The monoisotopic (exact) mass is 335 g/mol. The van der Waals surface area contributed by atoms with Crippen LogP contribution in [0.4, 0.5) is 0 Å². The van der Waals surface area contributed by atoms with Crippen LogP contribution in [-0.2, 0) is 19.1 Å². The molecular weight excluding hydrogens is 312 g/mol. The number of nitrogens with two attached hydrogens (primary N) is 1. The molecule has 0 aliphatic carbocycles. The lowest BCUT2D eigenvalue weighted by atomic mass is 9.77. The maximum atomic E-state index is 12.8. The number of fused-ring (bicyclic) bond motifs is 1. The summed E-state index contributed by atoms with van der Waals surface area (Å²) in [6, 6.07) is 3.12. The molecule has 1 aromatic heterocycles. The van der Waals surface area contributed by atoms with Crippen molar-refractivity contribution in [1.82, 2.24) is 4.90 Å². The third-order valence-corrected chi connectivity index (χ3v) is 5.18. The van der Waals surface area contributed by atoms with Crippen molar-refractivity contribution in [1.29, 1.82) is 0 Å². The Morgan fingerprint density at radius 1 is 1.38 bits per heavy atom. The van der Waals surface area contributed by atoms with Crippen LogP contribution < -0.4 is 5.32 Å². The molecule has 2 fully saturated rings. The molecule has 2 aliphatic rings. The van der Waals surface area contributed by atoms with Gasteiger partial charge in [0.2, 0.25) is 17.4 Å². The highest BCUT2D eigenvalue weighted by Gasteiger charge is 2.72. The number of quaternary nitrogens is 1. The van der Waals surface area contributed by atoms with Crippen LogP contribution in [-0.4, -0.2) is 41.9 Å². The van der Waals surface area contributed by atoms with Crippen LogP contribution in [0.2, 0.25) is 0 Å². The lowest BCUT2D eigenvalue weighted by molar-refractivity contribution is -0.736. The minimum atomic E-state index is -1.08. The summed E-state index contributed by atoms with van der Waals surface area (Å²) in [4.78, 5) is 39.4. The summed E-state index contributed by atoms with van der Waals surface area (Å²) < 4.78 is 10.8. The first-order valence-corrected chi connectivity index (χ1v) is 8.36. The van der Waals surface area contributed by atoms with Gasteiger partial charge in [-0.3, -0.25) is 14.5 Å². The van der Waals surface area contributed by atoms with E-state index in [0.29, 0.717) is 18.6 Å². The Balaban J connectivity index is 2.10. The first-order valence-electron chi connectivity index (χ1n) is 8.36. The number of imide groups is 1. The predicted octanol–water partition coefficient (Wildman–Crippen LogP) is 0.231. The van der Waals surface area contributed by atoms with Crippen LogP contribution in [0.25, 0.3) is 0 Å². The highest BCUT2D eigenvalue weighted by atomic mass is 16.5. The maximum Gasteiger partial charge on any atom is 0.368 e. The Morgan fingerprint density at radius 3 is 2.71 bits per heavy atom. The Kier molecular flexibility index (Phi) is 4.21. The molecule has 0 radical (unpaired) electrons. The van der Waals surface area contributed by atoms with Gasteiger partial charge in [0.25, 0.3) is 0 Å². The quantitative estimate of drug-likeness (QED) is 0.614. The van der Waals surface area contributed by atoms with Crippen LogP contribution in [0.15, 0.2) is 22.8 Å². The van der Waals surface area contributed by atoms with Crippen LogP contribution in [0.3, 0.4) is 0 Å². The second-order valence-corrected chi connectivity index (χ2v) is 6.46. The SMILES string of the molecule is CCC[C@]1(C(=O)OCC)[NH2+][C@@H](c2ccco2)[C@H]2C(=O)N(C)C(=O)[C@H]21. The van der Waals surface area contributed by atoms with Gasteiger partial charge in [0.1, 0.15) is 11.8 Å². The first-order chi connectivity index (χ1) is 11.5. The standard InChI is InChI=1S/C17H22N2O5/c1-4-8-17(16(22)23-5-2)12-11(14(20)19(3)15(12)21)13(18-17)10-7-6-9-24-10/h6-7,9,11-13,18H,4-5,8H2,1-3H3/p+1/t11-,12-,13-,17-/m0/s1. The first kappa shape index (κ1) is 16.7. The number of furan rings is 1. The Morgan fingerprint density at radius 2 is 2.12 bits per heavy atom. The van der Waals surface area contributed by atoms with E-state index in [2.05, 4.69) is 0 Å². The molecule has 0 spiro atoms. The van der Waals surface area contributed by atoms with Gasteiger partial charge >= 0.3 is 5.97 Å².